The van der Waals surface area contributed by atoms with Gasteiger partial charge in [-0.25, -0.2) is 0 Å². The van der Waals surface area contributed by atoms with Crippen molar-refractivity contribution in [3.05, 3.63) is 30.0 Å². The van der Waals surface area contributed by atoms with E-state index in [2.05, 4.69) is 16.8 Å². The molecule has 3 N–H and O–H groups in total. The highest BCUT2D eigenvalue weighted by Crippen LogP contribution is 2.19. The third-order valence-electron chi connectivity index (χ3n) is 3.98. The Hall–Kier alpha value is -2.01. The molecule has 1 fully saturated rings. The molecule has 1 amide bonds. The second-order valence-electron chi connectivity index (χ2n) is 5.26. The number of carbonyl (C=O) groups is 1. The number of anilines is 1. The molecule has 1 aromatic heterocycles. The van der Waals surface area contributed by atoms with Gasteiger partial charge < -0.3 is 20.5 Å². The van der Waals surface area contributed by atoms with Crippen molar-refractivity contribution in [2.24, 2.45) is 0 Å². The van der Waals surface area contributed by atoms with Gasteiger partial charge in [-0.3, -0.25) is 4.79 Å². The van der Waals surface area contributed by atoms with Crippen molar-refractivity contribution in [2.45, 2.75) is 6.92 Å². The van der Waals surface area contributed by atoms with Gasteiger partial charge in [0.25, 0.3) is 5.91 Å². The number of nitrogen functional groups attached to an aromatic ring is 1. The number of likely N-dealkylation sites (N-methyl/N-ethyl adjacent to an activating group) is 1. The van der Waals surface area contributed by atoms with Crippen LogP contribution in [-0.4, -0.2) is 53.4 Å². The van der Waals surface area contributed by atoms with Crippen molar-refractivity contribution in [2.75, 3.05) is 38.5 Å². The minimum Gasteiger partial charge on any atom is -0.399 e. The number of nitrogens with two attached hydrogens (primary N) is 1. The third kappa shape index (κ3) is 2.36. The molecule has 5 nitrogen and oxygen atoms in total. The molecule has 2 heterocycles. The van der Waals surface area contributed by atoms with Gasteiger partial charge in [-0.05, 0) is 30.8 Å². The molecule has 0 bridgehead atoms. The minimum atomic E-state index is 0.0792. The van der Waals surface area contributed by atoms with Crippen molar-refractivity contribution in [1.29, 1.82) is 0 Å². The van der Waals surface area contributed by atoms with Gasteiger partial charge >= 0.3 is 0 Å². The maximum absolute atomic E-state index is 12.5. The zero-order chi connectivity index (χ0) is 14.1. The Kier molecular flexibility index (Phi) is 3.36. The second kappa shape index (κ2) is 5.17. The van der Waals surface area contributed by atoms with Crippen LogP contribution in [0, 0.1) is 0 Å². The molecule has 2 aromatic rings. The number of carbonyl (C=O) groups excluding carboxylic acids is 1. The van der Waals surface area contributed by atoms with Crippen LogP contribution in [0.4, 0.5) is 5.69 Å². The lowest BCUT2D eigenvalue weighted by Crippen LogP contribution is -2.48. The summed E-state index contributed by atoms with van der Waals surface area (Å²) >= 11 is 0. The van der Waals surface area contributed by atoms with Gasteiger partial charge in [-0.15, -0.1) is 0 Å². The monoisotopic (exact) mass is 272 g/mol. The van der Waals surface area contributed by atoms with Crippen LogP contribution in [0.5, 0.6) is 0 Å². The molecule has 5 heteroatoms. The highest BCUT2D eigenvalue weighted by molar-refractivity contribution is 5.98. The quantitative estimate of drug-likeness (QED) is 0.815. The van der Waals surface area contributed by atoms with E-state index in [9.17, 15) is 4.79 Å². The number of hydrogen-bond acceptors (Lipinski definition) is 3. The molecule has 0 saturated carbocycles. The molecule has 0 atom stereocenters. The molecule has 106 valence electrons. The first-order valence-corrected chi connectivity index (χ1v) is 7.07. The lowest BCUT2D eigenvalue weighted by atomic mass is 10.2. The zero-order valence-electron chi connectivity index (χ0n) is 11.7. The van der Waals surface area contributed by atoms with Crippen molar-refractivity contribution >= 4 is 22.5 Å². The molecule has 0 aliphatic carbocycles. The van der Waals surface area contributed by atoms with Gasteiger partial charge in [-0.1, -0.05) is 6.92 Å². The van der Waals surface area contributed by atoms with E-state index in [0.717, 1.165) is 43.6 Å². The summed E-state index contributed by atoms with van der Waals surface area (Å²) in [5.74, 6) is 0.0792. The van der Waals surface area contributed by atoms with Crippen molar-refractivity contribution < 1.29 is 4.79 Å². The van der Waals surface area contributed by atoms with E-state index in [1.54, 1.807) is 0 Å². The summed E-state index contributed by atoms with van der Waals surface area (Å²) in [6.07, 6.45) is 0. The Morgan fingerprint density at radius 3 is 2.70 bits per heavy atom. The van der Waals surface area contributed by atoms with Gasteiger partial charge in [0.15, 0.2) is 0 Å². The van der Waals surface area contributed by atoms with Gasteiger partial charge in [-0.2, -0.15) is 0 Å². The van der Waals surface area contributed by atoms with E-state index < -0.39 is 0 Å². The van der Waals surface area contributed by atoms with Gasteiger partial charge in [0.05, 0.1) is 0 Å². The first-order chi connectivity index (χ1) is 9.67. The van der Waals surface area contributed by atoms with Crippen molar-refractivity contribution in [1.82, 2.24) is 14.8 Å². The van der Waals surface area contributed by atoms with Crippen molar-refractivity contribution in [3.8, 4) is 0 Å². The SMILES string of the molecule is CCN1CCN(C(=O)c2cc3cc(N)ccc3[nH]2)CC1. The third-order valence-corrected chi connectivity index (χ3v) is 3.98. The average Bonchev–Trinajstić information content (AvgIpc) is 2.89. The fraction of sp³-hybridized carbons (Fsp3) is 0.400. The largest absolute Gasteiger partial charge is 0.399 e. The number of aromatic amines is 1. The number of hydrogen-bond donors (Lipinski definition) is 2. The molecule has 0 spiro atoms. The predicted molar refractivity (Wildman–Crippen MR) is 80.7 cm³/mol. The fourth-order valence-electron chi connectivity index (χ4n) is 2.70. The Morgan fingerprint density at radius 2 is 2.00 bits per heavy atom. The van der Waals surface area contributed by atoms with Crippen LogP contribution in [0.25, 0.3) is 10.9 Å². The van der Waals surface area contributed by atoms with E-state index >= 15 is 0 Å². The molecule has 20 heavy (non-hydrogen) atoms. The fourth-order valence-corrected chi connectivity index (χ4v) is 2.70. The Morgan fingerprint density at radius 1 is 1.25 bits per heavy atom. The van der Waals surface area contributed by atoms with E-state index in [-0.39, 0.29) is 5.91 Å². The Labute approximate surface area is 118 Å². The normalized spacial score (nSPS) is 16.8. The number of fused-ring (bicyclic) bond motifs is 1. The van der Waals surface area contributed by atoms with Crippen LogP contribution in [-0.2, 0) is 0 Å². The Balaban J connectivity index is 1.79. The van der Waals surface area contributed by atoms with Crippen LogP contribution in [0.1, 0.15) is 17.4 Å². The zero-order valence-corrected chi connectivity index (χ0v) is 11.7. The molecule has 3 rings (SSSR count). The first-order valence-electron chi connectivity index (χ1n) is 7.07. The molecule has 0 radical (unpaired) electrons. The van der Waals surface area contributed by atoms with E-state index in [1.165, 1.54) is 0 Å². The summed E-state index contributed by atoms with van der Waals surface area (Å²) in [7, 11) is 0. The molecule has 1 aromatic carbocycles. The van der Waals surface area contributed by atoms with Crippen LogP contribution in [0.2, 0.25) is 0 Å². The minimum absolute atomic E-state index is 0.0792. The van der Waals surface area contributed by atoms with Crippen LogP contribution < -0.4 is 5.73 Å². The highest BCUT2D eigenvalue weighted by atomic mass is 16.2. The number of rotatable bonds is 2. The maximum atomic E-state index is 12.5. The van der Waals surface area contributed by atoms with E-state index in [4.69, 9.17) is 5.73 Å². The predicted octanol–water partition coefficient (Wildman–Crippen LogP) is 1.53. The number of H-pyrrole nitrogens is 1. The smallest absolute Gasteiger partial charge is 0.270 e. The topological polar surface area (TPSA) is 65.4 Å². The number of nitrogens with zero attached hydrogens (tertiary/aromatic N) is 2. The van der Waals surface area contributed by atoms with Gasteiger partial charge in [0, 0.05) is 42.8 Å². The Bertz CT molecular complexity index is 626. The van der Waals surface area contributed by atoms with Crippen LogP contribution in [0.15, 0.2) is 24.3 Å². The number of benzene rings is 1. The average molecular weight is 272 g/mol. The highest BCUT2D eigenvalue weighted by Gasteiger charge is 2.22. The van der Waals surface area contributed by atoms with Gasteiger partial charge in [0.1, 0.15) is 5.69 Å². The summed E-state index contributed by atoms with van der Waals surface area (Å²) in [5, 5.41) is 0.987. The first kappa shape index (κ1) is 13.0. The summed E-state index contributed by atoms with van der Waals surface area (Å²) in [5.41, 5.74) is 8.08. The summed E-state index contributed by atoms with van der Waals surface area (Å²) < 4.78 is 0. The van der Waals surface area contributed by atoms with Crippen molar-refractivity contribution in [3.63, 3.8) is 0 Å². The number of aromatic nitrogens is 1. The lowest BCUT2D eigenvalue weighted by Gasteiger charge is -2.33. The second-order valence-corrected chi connectivity index (χ2v) is 5.26. The number of nitrogens with one attached hydrogen (secondary N) is 1. The standard InChI is InChI=1S/C15H20N4O/c1-2-18-5-7-19(8-6-18)15(20)14-10-11-9-12(16)3-4-13(11)17-14/h3-4,9-10,17H,2,5-8,16H2,1H3. The van der Waals surface area contributed by atoms with Crippen LogP contribution in [0.3, 0.4) is 0 Å². The summed E-state index contributed by atoms with van der Waals surface area (Å²) in [6, 6.07) is 7.53. The molecule has 1 aliphatic rings. The lowest BCUT2D eigenvalue weighted by molar-refractivity contribution is 0.0638. The van der Waals surface area contributed by atoms with E-state index in [1.807, 2.05) is 29.2 Å². The summed E-state index contributed by atoms with van der Waals surface area (Å²) in [4.78, 5) is 20.0. The molecule has 0 unspecified atom stereocenters. The molecule has 1 saturated heterocycles. The van der Waals surface area contributed by atoms with Crippen LogP contribution >= 0.6 is 0 Å². The molecular formula is C15H20N4O. The summed E-state index contributed by atoms with van der Waals surface area (Å²) in [6.45, 7) is 6.70. The molecular weight excluding hydrogens is 252 g/mol. The maximum Gasteiger partial charge on any atom is 0.270 e. The van der Waals surface area contributed by atoms with E-state index in [0.29, 0.717) is 11.4 Å². The number of amides is 1. The molecule has 1 aliphatic heterocycles. The van der Waals surface area contributed by atoms with Gasteiger partial charge in [0.2, 0.25) is 0 Å². The number of piperazine rings is 1.